The molecule has 0 aromatic heterocycles. The van der Waals surface area contributed by atoms with Gasteiger partial charge in [-0.3, -0.25) is 9.79 Å². The van der Waals surface area contributed by atoms with Crippen LogP contribution in [0.25, 0.3) is 0 Å². The predicted molar refractivity (Wildman–Crippen MR) is 47.4 cm³/mol. The molecule has 68 valence electrons. The summed E-state index contributed by atoms with van der Waals surface area (Å²) in [5.74, 6) is -0.243. The number of methoxy groups -OCH3 is 1. The Morgan fingerprint density at radius 1 is 1.42 bits per heavy atom. The van der Waals surface area contributed by atoms with E-state index in [9.17, 15) is 4.79 Å². The molecule has 0 amide bonds. The molecule has 0 unspecified atom stereocenters. The van der Waals surface area contributed by atoms with E-state index < -0.39 is 0 Å². The Hall–Kier alpha value is -0.860. The second kappa shape index (κ2) is 4.91. The molecule has 0 saturated heterocycles. The Morgan fingerprint density at radius 2 is 2.08 bits per heavy atom. The van der Waals surface area contributed by atoms with Crippen LogP contribution in [0.5, 0.6) is 0 Å². The zero-order chi connectivity index (χ0) is 8.81. The van der Waals surface area contributed by atoms with Crippen molar-refractivity contribution in [2.75, 3.05) is 13.7 Å². The van der Waals surface area contributed by atoms with Crippen LogP contribution in [-0.4, -0.2) is 25.3 Å². The van der Waals surface area contributed by atoms with Gasteiger partial charge in [0.05, 0.1) is 7.11 Å². The molecule has 0 aromatic carbocycles. The SMILES string of the molecule is COC(=O)CN=C1CCCCC1. The minimum Gasteiger partial charge on any atom is -0.468 e. The number of esters is 1. The third-order valence-corrected chi connectivity index (χ3v) is 2.09. The molecule has 1 fully saturated rings. The van der Waals surface area contributed by atoms with Crippen molar-refractivity contribution in [1.29, 1.82) is 0 Å². The molecule has 0 spiro atoms. The molecule has 12 heavy (non-hydrogen) atoms. The number of carbonyl (C=O) groups is 1. The summed E-state index contributed by atoms with van der Waals surface area (Å²) in [5.41, 5.74) is 1.19. The molecule has 0 heterocycles. The number of ether oxygens (including phenoxy) is 1. The largest absolute Gasteiger partial charge is 0.468 e. The lowest BCUT2D eigenvalue weighted by Gasteiger charge is -2.11. The van der Waals surface area contributed by atoms with Gasteiger partial charge in [0.25, 0.3) is 0 Å². The summed E-state index contributed by atoms with van der Waals surface area (Å²) in [4.78, 5) is 14.9. The minimum absolute atomic E-state index is 0.200. The third kappa shape index (κ3) is 3.03. The summed E-state index contributed by atoms with van der Waals surface area (Å²) >= 11 is 0. The average Bonchev–Trinajstić information content (AvgIpc) is 2.16. The van der Waals surface area contributed by atoms with E-state index in [1.165, 1.54) is 32.1 Å². The van der Waals surface area contributed by atoms with Crippen molar-refractivity contribution in [2.24, 2.45) is 4.99 Å². The smallest absolute Gasteiger partial charge is 0.327 e. The Balaban J connectivity index is 2.29. The van der Waals surface area contributed by atoms with Gasteiger partial charge in [0, 0.05) is 5.71 Å². The van der Waals surface area contributed by atoms with Crippen LogP contribution >= 0.6 is 0 Å². The fraction of sp³-hybridized carbons (Fsp3) is 0.778. The number of hydrogen-bond donors (Lipinski definition) is 0. The number of hydrogen-bond acceptors (Lipinski definition) is 3. The fourth-order valence-electron chi connectivity index (χ4n) is 1.36. The summed E-state index contributed by atoms with van der Waals surface area (Å²) in [6.45, 7) is 0.200. The lowest BCUT2D eigenvalue weighted by molar-refractivity contribution is -0.138. The second-order valence-electron chi connectivity index (χ2n) is 3.02. The maximum atomic E-state index is 10.7. The van der Waals surface area contributed by atoms with Crippen molar-refractivity contribution < 1.29 is 9.53 Å². The Kier molecular flexibility index (Phi) is 3.77. The number of carbonyl (C=O) groups excluding carboxylic acids is 1. The normalized spacial score (nSPS) is 17.2. The van der Waals surface area contributed by atoms with Gasteiger partial charge in [-0.15, -0.1) is 0 Å². The zero-order valence-corrected chi connectivity index (χ0v) is 7.51. The fourth-order valence-corrected chi connectivity index (χ4v) is 1.36. The van der Waals surface area contributed by atoms with Gasteiger partial charge in [-0.25, -0.2) is 0 Å². The van der Waals surface area contributed by atoms with Gasteiger partial charge in [-0.2, -0.15) is 0 Å². The van der Waals surface area contributed by atoms with Crippen LogP contribution < -0.4 is 0 Å². The van der Waals surface area contributed by atoms with Gasteiger partial charge in [0.1, 0.15) is 6.54 Å². The number of rotatable bonds is 2. The highest BCUT2D eigenvalue weighted by atomic mass is 16.5. The highest BCUT2D eigenvalue weighted by Gasteiger charge is 2.07. The summed E-state index contributed by atoms with van der Waals surface area (Å²) in [7, 11) is 1.39. The first kappa shape index (κ1) is 9.23. The lowest BCUT2D eigenvalue weighted by atomic mass is 9.99. The maximum absolute atomic E-state index is 10.7. The van der Waals surface area contributed by atoms with Crippen molar-refractivity contribution >= 4 is 11.7 Å². The van der Waals surface area contributed by atoms with Crippen molar-refractivity contribution in [1.82, 2.24) is 0 Å². The standard InChI is InChI=1S/C9H15NO2/c1-12-9(11)7-10-8-5-3-2-4-6-8/h2-7H2,1H3. The summed E-state index contributed by atoms with van der Waals surface area (Å²) in [6.07, 6.45) is 5.88. The van der Waals surface area contributed by atoms with Gasteiger partial charge in [-0.05, 0) is 25.7 Å². The van der Waals surface area contributed by atoms with Crippen molar-refractivity contribution in [3.05, 3.63) is 0 Å². The van der Waals surface area contributed by atoms with E-state index in [4.69, 9.17) is 0 Å². The van der Waals surface area contributed by atoms with Crippen molar-refractivity contribution in [3.63, 3.8) is 0 Å². The predicted octanol–water partition coefficient (Wildman–Crippen LogP) is 1.56. The van der Waals surface area contributed by atoms with Crippen LogP contribution in [0.2, 0.25) is 0 Å². The Labute approximate surface area is 72.8 Å². The summed E-state index contributed by atoms with van der Waals surface area (Å²) in [6, 6.07) is 0. The van der Waals surface area contributed by atoms with Crippen molar-refractivity contribution in [3.8, 4) is 0 Å². The van der Waals surface area contributed by atoms with Gasteiger partial charge in [0.15, 0.2) is 0 Å². The first-order valence-electron chi connectivity index (χ1n) is 4.42. The zero-order valence-electron chi connectivity index (χ0n) is 7.51. The molecule has 3 heteroatoms. The first-order chi connectivity index (χ1) is 5.83. The van der Waals surface area contributed by atoms with Gasteiger partial charge in [0.2, 0.25) is 0 Å². The molecule has 3 nitrogen and oxygen atoms in total. The first-order valence-corrected chi connectivity index (χ1v) is 4.42. The second-order valence-corrected chi connectivity index (χ2v) is 3.02. The number of aliphatic imine (C=N–C) groups is 1. The molecular formula is C9H15NO2. The molecule has 1 aliphatic carbocycles. The van der Waals surface area contributed by atoms with E-state index in [-0.39, 0.29) is 12.5 Å². The average molecular weight is 169 g/mol. The Morgan fingerprint density at radius 3 is 2.67 bits per heavy atom. The monoisotopic (exact) mass is 169 g/mol. The van der Waals surface area contributed by atoms with Crippen LogP contribution in [-0.2, 0) is 9.53 Å². The molecule has 0 radical (unpaired) electrons. The molecule has 1 saturated carbocycles. The van der Waals surface area contributed by atoms with Crippen LogP contribution in [0, 0.1) is 0 Å². The molecule has 1 rings (SSSR count). The third-order valence-electron chi connectivity index (χ3n) is 2.09. The molecule has 1 aliphatic rings. The highest BCUT2D eigenvalue weighted by Crippen LogP contribution is 2.14. The van der Waals surface area contributed by atoms with E-state index in [1.54, 1.807) is 0 Å². The maximum Gasteiger partial charge on any atom is 0.327 e. The lowest BCUT2D eigenvalue weighted by Crippen LogP contribution is -2.10. The molecule has 0 atom stereocenters. The van der Waals surface area contributed by atoms with Gasteiger partial charge >= 0.3 is 5.97 Å². The van der Waals surface area contributed by atoms with Crippen LogP contribution in [0.15, 0.2) is 4.99 Å². The molecule has 0 aliphatic heterocycles. The van der Waals surface area contributed by atoms with E-state index >= 15 is 0 Å². The van der Waals surface area contributed by atoms with E-state index in [0.717, 1.165) is 12.8 Å². The van der Waals surface area contributed by atoms with E-state index in [0.29, 0.717) is 0 Å². The molecule has 0 aromatic rings. The Bertz CT molecular complexity index is 179. The van der Waals surface area contributed by atoms with Crippen LogP contribution in [0.4, 0.5) is 0 Å². The van der Waals surface area contributed by atoms with Crippen LogP contribution in [0.1, 0.15) is 32.1 Å². The van der Waals surface area contributed by atoms with Gasteiger partial charge in [-0.1, -0.05) is 6.42 Å². The quantitative estimate of drug-likeness (QED) is 0.588. The minimum atomic E-state index is -0.243. The molecule has 0 bridgehead atoms. The van der Waals surface area contributed by atoms with E-state index in [2.05, 4.69) is 9.73 Å². The van der Waals surface area contributed by atoms with E-state index in [1.807, 2.05) is 0 Å². The topological polar surface area (TPSA) is 38.7 Å². The molecular weight excluding hydrogens is 154 g/mol. The summed E-state index contributed by atoms with van der Waals surface area (Å²) < 4.78 is 4.50. The van der Waals surface area contributed by atoms with Crippen LogP contribution in [0.3, 0.4) is 0 Å². The number of nitrogens with zero attached hydrogens (tertiary/aromatic N) is 1. The van der Waals surface area contributed by atoms with Crippen molar-refractivity contribution in [2.45, 2.75) is 32.1 Å². The van der Waals surface area contributed by atoms with Gasteiger partial charge < -0.3 is 4.74 Å². The summed E-state index contributed by atoms with van der Waals surface area (Å²) in [5, 5.41) is 0. The molecule has 0 N–H and O–H groups in total. The highest BCUT2D eigenvalue weighted by molar-refractivity contribution is 5.87.